The maximum Gasteiger partial charge on any atom is 0.199 e. The molecule has 0 saturated carbocycles. The van der Waals surface area contributed by atoms with Gasteiger partial charge < -0.3 is 9.52 Å². The van der Waals surface area contributed by atoms with Gasteiger partial charge in [0, 0.05) is 12.5 Å². The SMILES string of the molecule is Cn1nc(Cl)c(/C(O)=C(\C#N)c2coc(C(C)(C)C)n2)c1Cl. The molecular weight excluding hydrogens is 327 g/mol. The number of aromatic nitrogens is 3. The minimum atomic E-state index is -0.389. The smallest absolute Gasteiger partial charge is 0.199 e. The van der Waals surface area contributed by atoms with Gasteiger partial charge in [-0.1, -0.05) is 44.0 Å². The average molecular weight is 341 g/mol. The number of nitriles is 1. The van der Waals surface area contributed by atoms with Crippen LogP contribution in [0, 0.1) is 11.3 Å². The van der Waals surface area contributed by atoms with Gasteiger partial charge in [0.25, 0.3) is 0 Å². The molecule has 2 heterocycles. The van der Waals surface area contributed by atoms with Crippen LogP contribution in [0.25, 0.3) is 11.3 Å². The second kappa shape index (κ2) is 5.67. The summed E-state index contributed by atoms with van der Waals surface area (Å²) in [5, 5.41) is 23.7. The molecule has 0 aliphatic carbocycles. The van der Waals surface area contributed by atoms with E-state index in [1.807, 2.05) is 26.8 Å². The quantitative estimate of drug-likeness (QED) is 0.660. The van der Waals surface area contributed by atoms with Crippen LogP contribution in [0.5, 0.6) is 0 Å². The second-order valence-electron chi connectivity index (χ2n) is 5.70. The molecular formula is C14H14Cl2N4O2. The molecule has 0 fully saturated rings. The number of nitrogens with zero attached hydrogens (tertiary/aromatic N) is 4. The Kier molecular flexibility index (Phi) is 4.23. The number of oxazole rings is 1. The third kappa shape index (κ3) is 2.82. The molecule has 2 aromatic heterocycles. The summed E-state index contributed by atoms with van der Waals surface area (Å²) in [7, 11) is 1.57. The molecule has 6 nitrogen and oxygen atoms in total. The highest BCUT2D eigenvalue weighted by molar-refractivity contribution is 6.36. The van der Waals surface area contributed by atoms with Gasteiger partial charge in [0.1, 0.15) is 34.5 Å². The van der Waals surface area contributed by atoms with Crippen molar-refractivity contribution < 1.29 is 9.52 Å². The van der Waals surface area contributed by atoms with Gasteiger partial charge in [-0.15, -0.1) is 0 Å². The molecule has 0 aliphatic rings. The van der Waals surface area contributed by atoms with E-state index in [1.165, 1.54) is 10.9 Å². The summed E-state index contributed by atoms with van der Waals surface area (Å²) in [6, 6.07) is 1.90. The summed E-state index contributed by atoms with van der Waals surface area (Å²) in [6.07, 6.45) is 1.31. The first-order valence-electron chi connectivity index (χ1n) is 6.35. The third-order valence-electron chi connectivity index (χ3n) is 2.92. The molecule has 0 aliphatic heterocycles. The summed E-state index contributed by atoms with van der Waals surface area (Å²) in [4.78, 5) is 4.24. The van der Waals surface area contributed by atoms with Crippen LogP contribution in [-0.4, -0.2) is 19.9 Å². The number of allylic oxidation sites excluding steroid dienone is 1. The van der Waals surface area contributed by atoms with Crippen LogP contribution in [0.4, 0.5) is 0 Å². The highest BCUT2D eigenvalue weighted by Crippen LogP contribution is 2.34. The molecule has 0 amide bonds. The monoisotopic (exact) mass is 340 g/mol. The van der Waals surface area contributed by atoms with Crippen molar-refractivity contribution in [2.75, 3.05) is 0 Å². The van der Waals surface area contributed by atoms with Crippen LogP contribution in [0.2, 0.25) is 10.3 Å². The van der Waals surface area contributed by atoms with Crippen LogP contribution in [0.15, 0.2) is 10.7 Å². The van der Waals surface area contributed by atoms with Gasteiger partial charge in [-0.3, -0.25) is 4.68 Å². The topological polar surface area (TPSA) is 87.9 Å². The lowest BCUT2D eigenvalue weighted by Crippen LogP contribution is -2.11. The maximum atomic E-state index is 10.4. The number of aryl methyl sites for hydroxylation is 1. The largest absolute Gasteiger partial charge is 0.506 e. The number of hydrogen-bond acceptors (Lipinski definition) is 5. The van der Waals surface area contributed by atoms with Crippen molar-refractivity contribution in [3.8, 4) is 6.07 Å². The van der Waals surface area contributed by atoms with Crippen molar-refractivity contribution in [1.29, 1.82) is 5.26 Å². The second-order valence-corrected chi connectivity index (χ2v) is 6.42. The normalized spacial score (nSPS) is 13.0. The van der Waals surface area contributed by atoms with E-state index in [4.69, 9.17) is 27.6 Å². The van der Waals surface area contributed by atoms with Crippen molar-refractivity contribution in [1.82, 2.24) is 14.8 Å². The zero-order chi connectivity index (χ0) is 16.7. The summed E-state index contributed by atoms with van der Waals surface area (Å²) in [6.45, 7) is 5.77. The van der Waals surface area contributed by atoms with Gasteiger partial charge in [0.05, 0.1) is 5.56 Å². The van der Waals surface area contributed by atoms with E-state index in [-0.39, 0.29) is 38.3 Å². The van der Waals surface area contributed by atoms with E-state index >= 15 is 0 Å². The van der Waals surface area contributed by atoms with Crippen LogP contribution < -0.4 is 0 Å². The number of aliphatic hydroxyl groups excluding tert-OH is 1. The molecule has 0 bridgehead atoms. The van der Waals surface area contributed by atoms with Crippen LogP contribution in [-0.2, 0) is 12.5 Å². The van der Waals surface area contributed by atoms with E-state index in [2.05, 4.69) is 10.1 Å². The van der Waals surface area contributed by atoms with Crippen molar-refractivity contribution in [3.63, 3.8) is 0 Å². The molecule has 0 atom stereocenters. The van der Waals surface area contributed by atoms with Gasteiger partial charge >= 0.3 is 0 Å². The minimum Gasteiger partial charge on any atom is -0.506 e. The van der Waals surface area contributed by atoms with Crippen LogP contribution in [0.1, 0.15) is 37.9 Å². The highest BCUT2D eigenvalue weighted by Gasteiger charge is 2.25. The maximum absolute atomic E-state index is 10.4. The minimum absolute atomic E-state index is 0.00251. The van der Waals surface area contributed by atoms with E-state index in [1.54, 1.807) is 7.05 Å². The van der Waals surface area contributed by atoms with Gasteiger partial charge in [0.2, 0.25) is 0 Å². The lowest BCUT2D eigenvalue weighted by molar-refractivity contribution is 0.392. The molecule has 8 heteroatoms. The summed E-state index contributed by atoms with van der Waals surface area (Å²) < 4.78 is 6.67. The first kappa shape index (κ1) is 16.4. The van der Waals surface area contributed by atoms with Crippen LogP contribution >= 0.6 is 23.2 Å². The number of hydrogen-bond donors (Lipinski definition) is 1. The Morgan fingerprint density at radius 1 is 1.41 bits per heavy atom. The Bertz CT molecular complexity index is 791. The molecule has 0 spiro atoms. The fourth-order valence-electron chi connectivity index (χ4n) is 1.76. The lowest BCUT2D eigenvalue weighted by Gasteiger charge is -2.11. The standard InChI is InChI=1S/C14H14Cl2N4O2/c1-14(2,3)13-18-8(6-22-13)7(5-17)10(21)9-11(15)19-20(4)12(9)16/h6,21H,1-4H3/b10-7-. The van der Waals surface area contributed by atoms with Gasteiger partial charge in [0.15, 0.2) is 11.0 Å². The highest BCUT2D eigenvalue weighted by atomic mass is 35.5. The summed E-state index contributed by atoms with van der Waals surface area (Å²) in [5.74, 6) is 0.0609. The molecule has 2 rings (SSSR count). The first-order valence-corrected chi connectivity index (χ1v) is 7.10. The van der Waals surface area contributed by atoms with Crippen molar-refractivity contribution in [2.45, 2.75) is 26.2 Å². The predicted octanol–water partition coefficient (Wildman–Crippen LogP) is 3.96. The van der Waals surface area contributed by atoms with E-state index in [0.717, 1.165) is 0 Å². The Hall–Kier alpha value is -1.97. The van der Waals surface area contributed by atoms with Crippen LogP contribution in [0.3, 0.4) is 0 Å². The molecule has 22 heavy (non-hydrogen) atoms. The molecule has 0 radical (unpaired) electrons. The van der Waals surface area contributed by atoms with E-state index in [9.17, 15) is 10.4 Å². The van der Waals surface area contributed by atoms with Crippen molar-refractivity contribution in [3.05, 3.63) is 33.7 Å². The van der Waals surface area contributed by atoms with E-state index < -0.39 is 0 Å². The molecule has 1 N–H and O–H groups in total. The third-order valence-corrected chi connectivity index (χ3v) is 3.62. The first-order chi connectivity index (χ1) is 10.2. The number of aliphatic hydroxyl groups is 1. The number of rotatable bonds is 2. The van der Waals surface area contributed by atoms with Gasteiger partial charge in [-0.05, 0) is 0 Å². The lowest BCUT2D eigenvalue weighted by atomic mass is 9.97. The fraction of sp³-hybridized carbons (Fsp3) is 0.357. The summed E-state index contributed by atoms with van der Waals surface area (Å²) in [5.41, 5.74) is -0.113. The summed E-state index contributed by atoms with van der Waals surface area (Å²) >= 11 is 12.0. The molecule has 2 aromatic rings. The Balaban J connectivity index is 2.60. The van der Waals surface area contributed by atoms with Crippen molar-refractivity contribution >= 4 is 34.5 Å². The van der Waals surface area contributed by atoms with Crippen molar-refractivity contribution in [2.24, 2.45) is 7.05 Å². The number of halogens is 2. The Morgan fingerprint density at radius 2 is 2.05 bits per heavy atom. The zero-order valence-electron chi connectivity index (χ0n) is 12.5. The Labute approximate surface area is 137 Å². The molecule has 0 unspecified atom stereocenters. The van der Waals surface area contributed by atoms with Gasteiger partial charge in [-0.2, -0.15) is 10.4 Å². The fourth-order valence-corrected chi connectivity index (χ4v) is 2.32. The zero-order valence-corrected chi connectivity index (χ0v) is 14.0. The predicted molar refractivity (Wildman–Crippen MR) is 83.5 cm³/mol. The van der Waals surface area contributed by atoms with E-state index in [0.29, 0.717) is 5.89 Å². The molecule has 0 aromatic carbocycles. The van der Waals surface area contributed by atoms with Gasteiger partial charge in [-0.25, -0.2) is 4.98 Å². The molecule has 116 valence electrons. The Morgan fingerprint density at radius 3 is 2.45 bits per heavy atom. The average Bonchev–Trinajstić information content (AvgIpc) is 2.97. The molecule has 0 saturated heterocycles.